The van der Waals surface area contributed by atoms with Crippen molar-refractivity contribution in [3.8, 4) is 5.88 Å². The first-order valence-corrected chi connectivity index (χ1v) is 6.91. The number of ether oxygens (including phenoxy) is 1. The van der Waals surface area contributed by atoms with E-state index in [0.717, 1.165) is 16.9 Å². The minimum absolute atomic E-state index is 0.634. The van der Waals surface area contributed by atoms with E-state index >= 15 is 0 Å². The lowest BCUT2D eigenvalue weighted by atomic mass is 9.90. The van der Waals surface area contributed by atoms with Crippen LogP contribution >= 0.6 is 15.9 Å². The lowest BCUT2D eigenvalue weighted by Gasteiger charge is -2.21. The zero-order valence-electron chi connectivity index (χ0n) is 10.1. The van der Waals surface area contributed by atoms with Gasteiger partial charge in [0.05, 0.1) is 6.61 Å². The van der Waals surface area contributed by atoms with Crippen LogP contribution in [0, 0.1) is 5.92 Å². The average molecular weight is 300 g/mol. The van der Waals surface area contributed by atoms with E-state index in [4.69, 9.17) is 4.74 Å². The summed E-state index contributed by atoms with van der Waals surface area (Å²) in [6.07, 6.45) is 8.12. The number of hydrogen-bond acceptors (Lipinski definition) is 4. The Morgan fingerprint density at radius 3 is 2.82 bits per heavy atom. The van der Waals surface area contributed by atoms with Crippen molar-refractivity contribution in [3.05, 3.63) is 10.8 Å². The monoisotopic (exact) mass is 299 g/mol. The summed E-state index contributed by atoms with van der Waals surface area (Å²) in [5.41, 5.74) is 0. The molecule has 0 amide bonds. The van der Waals surface area contributed by atoms with E-state index in [1.54, 1.807) is 0 Å². The van der Waals surface area contributed by atoms with E-state index < -0.39 is 0 Å². The summed E-state index contributed by atoms with van der Waals surface area (Å²) in [6.45, 7) is 0.763. The van der Waals surface area contributed by atoms with Crippen LogP contribution in [0.4, 0.5) is 5.82 Å². The first-order valence-electron chi connectivity index (χ1n) is 6.12. The molecule has 17 heavy (non-hydrogen) atoms. The van der Waals surface area contributed by atoms with Crippen LogP contribution in [0.5, 0.6) is 5.88 Å². The van der Waals surface area contributed by atoms with Crippen LogP contribution in [0.2, 0.25) is 0 Å². The van der Waals surface area contributed by atoms with Crippen LogP contribution in [0.15, 0.2) is 10.8 Å². The topological polar surface area (TPSA) is 47.0 Å². The fourth-order valence-corrected chi connectivity index (χ4v) is 2.70. The van der Waals surface area contributed by atoms with Crippen molar-refractivity contribution in [1.82, 2.24) is 9.97 Å². The van der Waals surface area contributed by atoms with Gasteiger partial charge < -0.3 is 10.1 Å². The van der Waals surface area contributed by atoms with Crippen LogP contribution in [-0.4, -0.2) is 23.6 Å². The number of nitrogens with zero attached hydrogens (tertiary/aromatic N) is 2. The van der Waals surface area contributed by atoms with Crippen LogP contribution in [0.1, 0.15) is 32.1 Å². The van der Waals surface area contributed by atoms with E-state index in [1.165, 1.54) is 38.4 Å². The zero-order valence-corrected chi connectivity index (χ0v) is 11.7. The van der Waals surface area contributed by atoms with Crippen molar-refractivity contribution in [1.29, 1.82) is 0 Å². The van der Waals surface area contributed by atoms with Gasteiger partial charge in [-0.25, -0.2) is 9.97 Å². The highest BCUT2D eigenvalue weighted by molar-refractivity contribution is 9.10. The van der Waals surface area contributed by atoms with E-state index in [2.05, 4.69) is 31.2 Å². The van der Waals surface area contributed by atoms with Crippen LogP contribution in [-0.2, 0) is 0 Å². The molecule has 2 rings (SSSR count). The Bertz CT molecular complexity index is 367. The molecule has 1 aliphatic rings. The Kier molecular flexibility index (Phi) is 4.59. The Morgan fingerprint density at radius 2 is 2.12 bits per heavy atom. The Balaban J connectivity index is 1.93. The molecule has 1 aromatic rings. The summed E-state index contributed by atoms with van der Waals surface area (Å²) < 4.78 is 6.58. The molecule has 1 N–H and O–H groups in total. The summed E-state index contributed by atoms with van der Waals surface area (Å²) >= 11 is 3.45. The van der Waals surface area contributed by atoms with Crippen LogP contribution in [0.25, 0.3) is 0 Å². The molecule has 1 fully saturated rings. The second kappa shape index (κ2) is 6.19. The van der Waals surface area contributed by atoms with E-state index in [-0.39, 0.29) is 0 Å². The van der Waals surface area contributed by atoms with Gasteiger partial charge in [-0.3, -0.25) is 0 Å². The molecule has 4 nitrogen and oxygen atoms in total. The van der Waals surface area contributed by atoms with Gasteiger partial charge in [0.2, 0.25) is 5.88 Å². The summed E-state index contributed by atoms with van der Waals surface area (Å²) in [5.74, 6) is 2.08. The second-order valence-corrected chi connectivity index (χ2v) is 5.20. The summed E-state index contributed by atoms with van der Waals surface area (Å²) in [7, 11) is 1.83. The maximum absolute atomic E-state index is 5.78. The molecule has 0 aromatic carbocycles. The van der Waals surface area contributed by atoms with Gasteiger partial charge in [-0.1, -0.05) is 19.3 Å². The average Bonchev–Trinajstić information content (AvgIpc) is 2.39. The molecule has 0 spiro atoms. The summed E-state index contributed by atoms with van der Waals surface area (Å²) in [4.78, 5) is 8.25. The van der Waals surface area contributed by atoms with E-state index in [1.807, 2.05) is 7.05 Å². The maximum atomic E-state index is 5.78. The highest BCUT2D eigenvalue weighted by Crippen LogP contribution is 2.30. The fraction of sp³-hybridized carbons (Fsp3) is 0.667. The van der Waals surface area contributed by atoms with Gasteiger partial charge in [0.25, 0.3) is 0 Å². The number of anilines is 1. The highest BCUT2D eigenvalue weighted by Gasteiger charge is 2.16. The van der Waals surface area contributed by atoms with Gasteiger partial charge in [0.1, 0.15) is 16.6 Å². The molecule has 1 saturated carbocycles. The van der Waals surface area contributed by atoms with Crippen molar-refractivity contribution in [2.45, 2.75) is 32.1 Å². The third kappa shape index (κ3) is 3.31. The SMILES string of the molecule is CNc1ncnc(OCC2CCCCC2)c1Br. The van der Waals surface area contributed by atoms with E-state index in [9.17, 15) is 0 Å². The number of rotatable bonds is 4. The molecule has 0 atom stereocenters. The Labute approximate surface area is 110 Å². The molecule has 0 bridgehead atoms. The smallest absolute Gasteiger partial charge is 0.233 e. The van der Waals surface area contributed by atoms with Crippen LogP contribution < -0.4 is 10.1 Å². The molecular formula is C12H18BrN3O. The number of halogens is 1. The largest absolute Gasteiger partial charge is 0.476 e. The predicted molar refractivity (Wildman–Crippen MR) is 71.3 cm³/mol. The molecule has 1 heterocycles. The lowest BCUT2D eigenvalue weighted by Crippen LogP contribution is -2.16. The minimum Gasteiger partial charge on any atom is -0.476 e. The molecule has 1 aliphatic carbocycles. The van der Waals surface area contributed by atoms with Crippen LogP contribution in [0.3, 0.4) is 0 Å². The van der Waals surface area contributed by atoms with Gasteiger partial charge in [-0.05, 0) is 34.7 Å². The van der Waals surface area contributed by atoms with E-state index in [0.29, 0.717) is 11.8 Å². The summed E-state index contributed by atoms with van der Waals surface area (Å²) in [5, 5.41) is 3.00. The Hall–Kier alpha value is -0.840. The number of aromatic nitrogens is 2. The summed E-state index contributed by atoms with van der Waals surface area (Å²) in [6, 6.07) is 0. The van der Waals surface area contributed by atoms with Crippen molar-refractivity contribution < 1.29 is 4.74 Å². The van der Waals surface area contributed by atoms with Gasteiger partial charge in [0.15, 0.2) is 0 Å². The van der Waals surface area contributed by atoms with Crippen molar-refractivity contribution >= 4 is 21.7 Å². The molecule has 5 heteroatoms. The minimum atomic E-state index is 0.634. The third-order valence-electron chi connectivity index (χ3n) is 3.17. The Morgan fingerprint density at radius 1 is 1.35 bits per heavy atom. The molecular weight excluding hydrogens is 282 g/mol. The number of hydrogen-bond donors (Lipinski definition) is 1. The standard InChI is InChI=1S/C12H18BrN3O/c1-14-11-10(13)12(16-8-15-11)17-7-9-5-3-2-4-6-9/h8-9H,2-7H2,1H3,(H,14,15,16). The van der Waals surface area contributed by atoms with Crippen molar-refractivity contribution in [2.24, 2.45) is 5.92 Å². The van der Waals surface area contributed by atoms with Gasteiger partial charge in [-0.15, -0.1) is 0 Å². The molecule has 1 aromatic heterocycles. The maximum Gasteiger partial charge on any atom is 0.233 e. The fourth-order valence-electron chi connectivity index (χ4n) is 2.18. The molecule has 0 aliphatic heterocycles. The zero-order chi connectivity index (χ0) is 12.1. The lowest BCUT2D eigenvalue weighted by molar-refractivity contribution is 0.201. The first kappa shape index (κ1) is 12.6. The number of nitrogens with one attached hydrogen (secondary N) is 1. The van der Waals surface area contributed by atoms with Gasteiger partial charge in [-0.2, -0.15) is 0 Å². The van der Waals surface area contributed by atoms with Gasteiger partial charge in [0, 0.05) is 7.05 Å². The quantitative estimate of drug-likeness (QED) is 0.927. The normalized spacial score (nSPS) is 16.8. The van der Waals surface area contributed by atoms with Crippen molar-refractivity contribution in [2.75, 3.05) is 19.0 Å². The molecule has 94 valence electrons. The highest BCUT2D eigenvalue weighted by atomic mass is 79.9. The molecule has 0 unspecified atom stereocenters. The molecule has 0 saturated heterocycles. The predicted octanol–water partition coefficient (Wildman–Crippen LogP) is 3.24. The third-order valence-corrected chi connectivity index (χ3v) is 3.89. The van der Waals surface area contributed by atoms with Crippen molar-refractivity contribution in [3.63, 3.8) is 0 Å². The van der Waals surface area contributed by atoms with Gasteiger partial charge >= 0.3 is 0 Å². The molecule has 0 radical (unpaired) electrons. The second-order valence-electron chi connectivity index (χ2n) is 4.41. The first-order chi connectivity index (χ1) is 8.31.